The number of nitrogens with one attached hydrogen (secondary N) is 2. The number of hydrogen-bond acceptors (Lipinski definition) is 2. The summed E-state index contributed by atoms with van der Waals surface area (Å²) >= 11 is 0. The summed E-state index contributed by atoms with van der Waals surface area (Å²) in [6.07, 6.45) is 2.26. The van der Waals surface area contributed by atoms with Crippen molar-refractivity contribution in [2.75, 3.05) is 19.6 Å². The Balaban J connectivity index is 0.00000300. The molecular formula is C23H31IN4O. The lowest BCUT2D eigenvalue weighted by molar-refractivity contribution is -0.131. The zero-order chi connectivity index (χ0) is 19.6. The molecule has 1 aliphatic heterocycles. The number of carbonyl (C=O) groups excluding carboxylic acids is 1. The van der Waals surface area contributed by atoms with Gasteiger partial charge in [0, 0.05) is 39.1 Å². The molecule has 0 unspecified atom stereocenters. The van der Waals surface area contributed by atoms with Crippen molar-refractivity contribution in [3.8, 4) is 0 Å². The molecule has 0 bridgehead atoms. The van der Waals surface area contributed by atoms with Gasteiger partial charge in [0.2, 0.25) is 5.91 Å². The van der Waals surface area contributed by atoms with Crippen LogP contribution in [0.5, 0.6) is 0 Å². The number of carbonyl (C=O) groups is 1. The summed E-state index contributed by atoms with van der Waals surface area (Å²) < 4.78 is 0. The summed E-state index contributed by atoms with van der Waals surface area (Å²) in [4.78, 5) is 19.0. The number of guanidine groups is 1. The largest absolute Gasteiger partial charge is 0.357 e. The van der Waals surface area contributed by atoms with Gasteiger partial charge >= 0.3 is 0 Å². The Bertz CT molecular complexity index is 769. The van der Waals surface area contributed by atoms with Crippen LogP contribution < -0.4 is 10.6 Å². The third-order valence-electron chi connectivity index (χ3n) is 4.91. The highest BCUT2D eigenvalue weighted by atomic mass is 127. The van der Waals surface area contributed by atoms with E-state index in [1.54, 1.807) is 0 Å². The van der Waals surface area contributed by atoms with Gasteiger partial charge in [-0.1, -0.05) is 54.6 Å². The second-order valence-electron chi connectivity index (χ2n) is 7.05. The standard InChI is InChI=1S/C23H30N4O.HI/c1-2-24-23(26-16-14-19-9-4-3-5-10-19)25-15-8-13-22(28)27-17-20-11-6-7-12-21(20)18-27;/h3-7,9-12H,2,8,13-18H2,1H3,(H2,24,25,26);1H. The second-order valence-corrected chi connectivity index (χ2v) is 7.05. The maximum absolute atomic E-state index is 12.5. The maximum atomic E-state index is 12.5. The summed E-state index contributed by atoms with van der Waals surface area (Å²) in [7, 11) is 0. The van der Waals surface area contributed by atoms with E-state index in [1.165, 1.54) is 16.7 Å². The predicted octanol–water partition coefficient (Wildman–Crippen LogP) is 3.72. The highest BCUT2D eigenvalue weighted by molar-refractivity contribution is 14.0. The molecule has 0 aromatic heterocycles. The number of fused-ring (bicyclic) bond motifs is 1. The first-order valence-corrected chi connectivity index (χ1v) is 10.2. The lowest BCUT2D eigenvalue weighted by Gasteiger charge is -2.15. The number of halogens is 1. The molecule has 29 heavy (non-hydrogen) atoms. The fraction of sp³-hybridized carbons (Fsp3) is 0.391. The lowest BCUT2D eigenvalue weighted by atomic mass is 10.1. The van der Waals surface area contributed by atoms with Gasteiger partial charge in [-0.2, -0.15) is 0 Å². The summed E-state index contributed by atoms with van der Waals surface area (Å²) in [6, 6.07) is 18.7. The van der Waals surface area contributed by atoms with Crippen LogP contribution in [0.4, 0.5) is 0 Å². The van der Waals surface area contributed by atoms with Crippen molar-refractivity contribution in [1.82, 2.24) is 15.5 Å². The van der Waals surface area contributed by atoms with Gasteiger partial charge in [-0.3, -0.25) is 9.79 Å². The van der Waals surface area contributed by atoms with Crippen LogP contribution in [0.25, 0.3) is 0 Å². The maximum Gasteiger partial charge on any atom is 0.223 e. The molecule has 3 rings (SSSR count). The van der Waals surface area contributed by atoms with Crippen LogP contribution >= 0.6 is 24.0 Å². The van der Waals surface area contributed by atoms with E-state index in [-0.39, 0.29) is 29.9 Å². The zero-order valence-electron chi connectivity index (χ0n) is 17.1. The van der Waals surface area contributed by atoms with Crippen LogP contribution in [0.15, 0.2) is 59.6 Å². The predicted molar refractivity (Wildman–Crippen MR) is 129 cm³/mol. The number of amides is 1. The van der Waals surface area contributed by atoms with Crippen molar-refractivity contribution in [3.05, 3.63) is 71.3 Å². The summed E-state index contributed by atoms with van der Waals surface area (Å²) in [5.74, 6) is 1.04. The lowest BCUT2D eigenvalue weighted by Crippen LogP contribution is -2.38. The minimum atomic E-state index is 0. The van der Waals surface area contributed by atoms with Crippen molar-refractivity contribution in [1.29, 1.82) is 0 Å². The normalized spacial score (nSPS) is 12.9. The fourth-order valence-electron chi connectivity index (χ4n) is 3.40. The van der Waals surface area contributed by atoms with E-state index in [0.717, 1.165) is 45.0 Å². The Hall–Kier alpha value is -2.09. The summed E-state index contributed by atoms with van der Waals surface area (Å²) in [5, 5.41) is 6.64. The molecule has 5 nitrogen and oxygen atoms in total. The Morgan fingerprint density at radius 2 is 1.66 bits per heavy atom. The van der Waals surface area contributed by atoms with Gasteiger partial charge in [0.1, 0.15) is 0 Å². The smallest absolute Gasteiger partial charge is 0.223 e. The SMILES string of the molecule is CCNC(=NCCCC(=O)N1Cc2ccccc2C1)NCCc1ccccc1.I. The van der Waals surface area contributed by atoms with Crippen LogP contribution in [0.1, 0.15) is 36.5 Å². The quantitative estimate of drug-likeness (QED) is 0.249. The molecule has 156 valence electrons. The van der Waals surface area contributed by atoms with E-state index < -0.39 is 0 Å². The highest BCUT2D eigenvalue weighted by Gasteiger charge is 2.22. The molecule has 6 heteroatoms. The van der Waals surface area contributed by atoms with Gasteiger partial charge < -0.3 is 15.5 Å². The van der Waals surface area contributed by atoms with E-state index in [1.807, 2.05) is 23.1 Å². The van der Waals surface area contributed by atoms with Crippen LogP contribution in [-0.4, -0.2) is 36.4 Å². The molecule has 0 fully saturated rings. The van der Waals surface area contributed by atoms with Crippen molar-refractivity contribution >= 4 is 35.8 Å². The van der Waals surface area contributed by atoms with Crippen LogP contribution in [0.2, 0.25) is 0 Å². The summed E-state index contributed by atoms with van der Waals surface area (Å²) in [6.45, 7) is 5.84. The average Bonchev–Trinajstić information content (AvgIpc) is 3.16. The summed E-state index contributed by atoms with van der Waals surface area (Å²) in [5.41, 5.74) is 3.85. The molecule has 0 saturated heterocycles. The number of hydrogen-bond donors (Lipinski definition) is 2. The van der Waals surface area contributed by atoms with Gasteiger partial charge in [0.05, 0.1) is 0 Å². The Labute approximate surface area is 191 Å². The molecule has 1 aliphatic rings. The van der Waals surface area contributed by atoms with E-state index in [0.29, 0.717) is 13.0 Å². The molecule has 0 atom stereocenters. The third-order valence-corrected chi connectivity index (χ3v) is 4.91. The number of rotatable bonds is 8. The van der Waals surface area contributed by atoms with Crippen molar-refractivity contribution in [3.63, 3.8) is 0 Å². The average molecular weight is 506 g/mol. The van der Waals surface area contributed by atoms with E-state index in [4.69, 9.17) is 0 Å². The van der Waals surface area contributed by atoms with Crippen molar-refractivity contribution in [2.45, 2.75) is 39.3 Å². The van der Waals surface area contributed by atoms with Gasteiger partial charge in [0.15, 0.2) is 5.96 Å². The molecule has 0 spiro atoms. The van der Waals surface area contributed by atoms with E-state index >= 15 is 0 Å². The Morgan fingerprint density at radius 3 is 2.31 bits per heavy atom. The highest BCUT2D eigenvalue weighted by Crippen LogP contribution is 2.22. The molecule has 2 aromatic rings. The Kier molecular flexibility index (Phi) is 9.97. The molecule has 1 heterocycles. The second kappa shape index (κ2) is 12.5. The van der Waals surface area contributed by atoms with Gasteiger partial charge in [-0.15, -0.1) is 24.0 Å². The molecule has 2 N–H and O–H groups in total. The zero-order valence-corrected chi connectivity index (χ0v) is 19.4. The van der Waals surface area contributed by atoms with Crippen molar-refractivity contribution < 1.29 is 4.79 Å². The van der Waals surface area contributed by atoms with Gasteiger partial charge in [0.25, 0.3) is 0 Å². The monoisotopic (exact) mass is 506 g/mol. The fourth-order valence-corrected chi connectivity index (χ4v) is 3.40. The minimum Gasteiger partial charge on any atom is -0.357 e. The first-order chi connectivity index (χ1) is 13.8. The van der Waals surface area contributed by atoms with E-state index in [9.17, 15) is 4.79 Å². The molecule has 0 saturated carbocycles. The number of aliphatic imine (C=N–C) groups is 1. The van der Waals surface area contributed by atoms with Crippen molar-refractivity contribution in [2.24, 2.45) is 4.99 Å². The van der Waals surface area contributed by atoms with Crippen LogP contribution in [0.3, 0.4) is 0 Å². The third kappa shape index (κ3) is 7.34. The van der Waals surface area contributed by atoms with Gasteiger partial charge in [-0.05, 0) is 36.5 Å². The topological polar surface area (TPSA) is 56.7 Å². The first-order valence-electron chi connectivity index (χ1n) is 10.2. The molecule has 0 aliphatic carbocycles. The molecule has 1 amide bonds. The van der Waals surface area contributed by atoms with E-state index in [2.05, 4.69) is 58.9 Å². The minimum absolute atomic E-state index is 0. The Morgan fingerprint density at radius 1 is 1.00 bits per heavy atom. The number of benzene rings is 2. The van der Waals surface area contributed by atoms with Gasteiger partial charge in [-0.25, -0.2) is 0 Å². The molecule has 0 radical (unpaired) electrons. The first kappa shape index (κ1) is 23.2. The molecular weight excluding hydrogens is 475 g/mol. The van der Waals surface area contributed by atoms with Crippen LogP contribution in [0, 0.1) is 0 Å². The molecule has 2 aromatic carbocycles. The van der Waals surface area contributed by atoms with Crippen LogP contribution in [-0.2, 0) is 24.3 Å². The number of nitrogens with zero attached hydrogens (tertiary/aromatic N) is 2.